The van der Waals surface area contributed by atoms with E-state index in [0.717, 1.165) is 0 Å². The molecule has 0 aromatic heterocycles. The van der Waals surface area contributed by atoms with Crippen molar-refractivity contribution in [1.82, 2.24) is 4.90 Å². The number of esters is 2. The van der Waals surface area contributed by atoms with Gasteiger partial charge < -0.3 is 38.8 Å². The second kappa shape index (κ2) is 15.4. The second-order valence-electron chi connectivity index (χ2n) is 13.0. The number of cyclic esters (lactones) is 1. The number of aliphatic hydroxyl groups excluding tert-OH is 1. The van der Waals surface area contributed by atoms with Crippen LogP contribution < -0.4 is 0 Å². The fraction of sp³-hybridized carbons (Fsp3) is 0.812. The van der Waals surface area contributed by atoms with Gasteiger partial charge in [-0.1, -0.05) is 20.8 Å². The molecule has 0 aliphatic carbocycles. The van der Waals surface area contributed by atoms with Crippen molar-refractivity contribution in [2.45, 2.75) is 123 Å². The Kier molecular flexibility index (Phi) is 13.3. The third-order valence-corrected chi connectivity index (χ3v) is 8.96. The van der Waals surface area contributed by atoms with Gasteiger partial charge in [-0.25, -0.2) is 0 Å². The highest BCUT2D eigenvalue weighted by atomic mass is 16.7. The lowest BCUT2D eigenvalue weighted by Crippen LogP contribution is -2.59. The Labute approximate surface area is 261 Å². The Balaban J connectivity index is 2.68. The maximum absolute atomic E-state index is 13.9. The molecule has 12 heteroatoms. The molecule has 44 heavy (non-hydrogen) atoms. The van der Waals surface area contributed by atoms with E-state index in [2.05, 4.69) is 0 Å². The fourth-order valence-corrected chi connectivity index (χ4v) is 6.25. The monoisotopic (exact) mass is 627 g/mol. The first-order valence-corrected chi connectivity index (χ1v) is 15.4. The lowest BCUT2D eigenvalue weighted by Gasteiger charge is -2.46. The number of carbonyl (C=O) groups is 4. The summed E-state index contributed by atoms with van der Waals surface area (Å²) in [5.74, 6) is -5.38. The van der Waals surface area contributed by atoms with Crippen LogP contribution in [0.1, 0.15) is 74.7 Å². The van der Waals surface area contributed by atoms with Crippen molar-refractivity contribution in [2.75, 3.05) is 27.8 Å². The molecule has 0 saturated carbocycles. The van der Waals surface area contributed by atoms with Crippen LogP contribution >= 0.6 is 0 Å². The molecule has 0 spiro atoms. The Morgan fingerprint density at radius 1 is 1.14 bits per heavy atom. The molecule has 2 rings (SSSR count). The number of hydrogen-bond donors (Lipinski definition) is 2. The number of Topliss-reactive ketones (excluding diaryl/α,β-unsaturated/α-hetero) is 2. The number of nitrogens with zero attached hydrogens (tertiary/aromatic N) is 1. The number of hydrogen-bond acceptors (Lipinski definition) is 12. The van der Waals surface area contributed by atoms with Crippen molar-refractivity contribution in [3.05, 3.63) is 11.6 Å². The summed E-state index contributed by atoms with van der Waals surface area (Å²) >= 11 is 0. The lowest BCUT2D eigenvalue weighted by atomic mass is 9.76. The average molecular weight is 628 g/mol. The van der Waals surface area contributed by atoms with Crippen LogP contribution in [0.4, 0.5) is 0 Å². The first kappa shape index (κ1) is 38.0. The fourth-order valence-electron chi connectivity index (χ4n) is 6.25. The maximum Gasteiger partial charge on any atom is 0.316 e. The molecule has 11 atom stereocenters. The van der Waals surface area contributed by atoms with Gasteiger partial charge in [-0.15, -0.1) is 0 Å². The number of likely N-dealkylation sites (N-methyl/N-ethyl adjacent to an activating group) is 1. The van der Waals surface area contributed by atoms with Crippen LogP contribution in [0.15, 0.2) is 11.6 Å². The third-order valence-electron chi connectivity index (χ3n) is 8.96. The van der Waals surface area contributed by atoms with Crippen molar-refractivity contribution < 1.29 is 53.1 Å². The van der Waals surface area contributed by atoms with Gasteiger partial charge in [0.2, 0.25) is 0 Å². The summed E-state index contributed by atoms with van der Waals surface area (Å²) < 4.78 is 29.3. The SMILES string of the molecule is CC[C@H]1OC(=O)[C@H](C)C(=O)[C@H](C)[C@@H](O[C@@H]2O[C@H](C)C[C@H](N(C)C)[C@H]2O)[C@](C)(OC)C[C@@H](C)C(=O)/C(COC(C)=O)=C/[C@@]1(C)O. The van der Waals surface area contributed by atoms with E-state index in [1.165, 1.54) is 34.0 Å². The van der Waals surface area contributed by atoms with Gasteiger partial charge in [0, 0.05) is 37.5 Å². The van der Waals surface area contributed by atoms with E-state index >= 15 is 0 Å². The lowest BCUT2D eigenvalue weighted by molar-refractivity contribution is -0.295. The van der Waals surface area contributed by atoms with Gasteiger partial charge >= 0.3 is 11.9 Å². The van der Waals surface area contributed by atoms with Gasteiger partial charge in [0.1, 0.15) is 30.3 Å². The number of carbonyl (C=O) groups excluding carboxylic acids is 4. The van der Waals surface area contributed by atoms with Crippen molar-refractivity contribution in [3.63, 3.8) is 0 Å². The summed E-state index contributed by atoms with van der Waals surface area (Å²) in [6, 6.07) is -0.288. The molecule has 0 aromatic carbocycles. The van der Waals surface area contributed by atoms with Gasteiger partial charge in [0.25, 0.3) is 0 Å². The number of aliphatic hydroxyl groups is 2. The summed E-state index contributed by atoms with van der Waals surface area (Å²) in [5, 5.41) is 22.6. The van der Waals surface area contributed by atoms with E-state index in [0.29, 0.717) is 6.42 Å². The molecule has 12 nitrogen and oxygen atoms in total. The van der Waals surface area contributed by atoms with Crippen LogP contribution in [0.5, 0.6) is 0 Å². The standard InChI is InChI=1S/C32H53NO11/c1-12-24-31(7,39)15-22(16-41-21(6)34)25(35)17(2)14-32(8,40-11)28(19(4)26(36)20(5)29(38)43-24)44-30-27(37)23(33(9)10)13-18(3)42-30/h15,17-20,23-24,27-28,30,37,39H,12-14,16H2,1-11H3/b22-15+/t17-,18-,19+,20-,23+,24-,27-,28-,30+,31-,32-/m1/s1. The van der Waals surface area contributed by atoms with E-state index < -0.39 is 83.7 Å². The second-order valence-corrected chi connectivity index (χ2v) is 13.0. The molecule has 1 fully saturated rings. The molecular weight excluding hydrogens is 574 g/mol. The van der Waals surface area contributed by atoms with E-state index in [1.54, 1.807) is 27.7 Å². The van der Waals surface area contributed by atoms with E-state index in [1.807, 2.05) is 25.9 Å². The molecular formula is C32H53NO11. The van der Waals surface area contributed by atoms with E-state index in [4.69, 9.17) is 23.7 Å². The van der Waals surface area contributed by atoms with Crippen LogP contribution in [-0.2, 0) is 42.9 Å². The summed E-state index contributed by atoms with van der Waals surface area (Å²) in [4.78, 5) is 54.6. The third kappa shape index (κ3) is 8.95. The van der Waals surface area contributed by atoms with Crippen molar-refractivity contribution in [1.29, 1.82) is 0 Å². The molecule has 0 bridgehead atoms. The van der Waals surface area contributed by atoms with Gasteiger partial charge in [-0.05, 0) is 67.1 Å². The normalized spacial score (nSPS) is 41.0. The summed E-state index contributed by atoms with van der Waals surface area (Å²) in [6.45, 7) is 12.2. The van der Waals surface area contributed by atoms with Crippen molar-refractivity contribution >= 4 is 23.5 Å². The highest BCUT2D eigenvalue weighted by molar-refractivity contribution is 6.00. The zero-order chi connectivity index (χ0) is 33.7. The molecule has 0 unspecified atom stereocenters. The maximum atomic E-state index is 13.9. The Morgan fingerprint density at radius 3 is 2.27 bits per heavy atom. The minimum atomic E-state index is -1.82. The predicted molar refractivity (Wildman–Crippen MR) is 160 cm³/mol. The van der Waals surface area contributed by atoms with E-state index in [-0.39, 0.29) is 30.6 Å². The molecule has 0 radical (unpaired) electrons. The molecule has 2 aliphatic heterocycles. The van der Waals surface area contributed by atoms with E-state index in [9.17, 15) is 29.4 Å². The number of methoxy groups -OCH3 is 1. The predicted octanol–water partition coefficient (Wildman–Crippen LogP) is 2.22. The molecule has 1 saturated heterocycles. The first-order valence-electron chi connectivity index (χ1n) is 15.4. The number of rotatable bonds is 7. The van der Waals surface area contributed by atoms with Gasteiger partial charge in [-0.2, -0.15) is 0 Å². The Bertz CT molecular complexity index is 1070. The summed E-state index contributed by atoms with van der Waals surface area (Å²) in [5.41, 5.74) is -3.11. The minimum absolute atomic E-state index is 0.0195. The average Bonchev–Trinajstić information content (AvgIpc) is 2.95. The largest absolute Gasteiger partial charge is 0.461 e. The quantitative estimate of drug-likeness (QED) is 0.314. The minimum Gasteiger partial charge on any atom is -0.461 e. The highest BCUT2D eigenvalue weighted by Gasteiger charge is 2.50. The topological polar surface area (TPSA) is 158 Å². The van der Waals surface area contributed by atoms with Crippen LogP contribution in [0, 0.1) is 17.8 Å². The number of ether oxygens (including phenoxy) is 5. The van der Waals surface area contributed by atoms with Crippen molar-refractivity contribution in [2.24, 2.45) is 17.8 Å². The Hall–Kier alpha value is -2.22. The molecule has 0 aromatic rings. The summed E-state index contributed by atoms with van der Waals surface area (Å²) in [7, 11) is 5.12. The van der Waals surface area contributed by atoms with Crippen molar-refractivity contribution in [3.8, 4) is 0 Å². The Morgan fingerprint density at radius 2 is 1.75 bits per heavy atom. The molecule has 2 heterocycles. The zero-order valence-electron chi connectivity index (χ0n) is 28.1. The molecule has 2 N–H and O–H groups in total. The molecule has 2 aliphatic rings. The van der Waals surface area contributed by atoms with Gasteiger partial charge in [0.15, 0.2) is 17.9 Å². The smallest absolute Gasteiger partial charge is 0.316 e. The van der Waals surface area contributed by atoms with Crippen LogP contribution in [0.3, 0.4) is 0 Å². The van der Waals surface area contributed by atoms with Crippen LogP contribution in [0.2, 0.25) is 0 Å². The molecule has 0 amide bonds. The number of ketones is 2. The van der Waals surface area contributed by atoms with Gasteiger partial charge in [0.05, 0.1) is 17.8 Å². The van der Waals surface area contributed by atoms with Gasteiger partial charge in [-0.3, -0.25) is 19.2 Å². The summed E-state index contributed by atoms with van der Waals surface area (Å²) in [6.07, 6.45) is -2.62. The first-order chi connectivity index (χ1) is 20.3. The van der Waals surface area contributed by atoms with Crippen LogP contribution in [0.25, 0.3) is 0 Å². The molecule has 252 valence electrons. The zero-order valence-corrected chi connectivity index (χ0v) is 28.1. The highest BCUT2D eigenvalue weighted by Crippen LogP contribution is 2.37. The van der Waals surface area contributed by atoms with Crippen LogP contribution in [-0.4, -0.2) is 114 Å².